The second kappa shape index (κ2) is 5.90. The van der Waals surface area contributed by atoms with Crippen LogP contribution in [0.2, 0.25) is 0 Å². The van der Waals surface area contributed by atoms with E-state index in [4.69, 9.17) is 0 Å². The van der Waals surface area contributed by atoms with Crippen molar-refractivity contribution in [1.29, 1.82) is 0 Å². The van der Waals surface area contributed by atoms with Gasteiger partial charge in [0.05, 0.1) is 0 Å². The molecule has 68 valence electrons. The van der Waals surface area contributed by atoms with Crippen LogP contribution in [0.3, 0.4) is 0 Å². The maximum atomic E-state index is 3.54. The Balaban J connectivity index is 3.38. The van der Waals surface area contributed by atoms with E-state index in [0.29, 0.717) is 5.54 Å². The molecule has 0 atom stereocenters. The average molecular weight is 175 g/mol. The van der Waals surface area contributed by atoms with Gasteiger partial charge in [-0.2, -0.15) is 11.8 Å². The number of nitrogens with one attached hydrogen (secondary N) is 1. The normalized spacial score (nSPS) is 12.0. The summed E-state index contributed by atoms with van der Waals surface area (Å²) >= 11 is 1.90. The van der Waals surface area contributed by atoms with E-state index in [1.165, 1.54) is 18.6 Å². The van der Waals surface area contributed by atoms with Crippen molar-refractivity contribution >= 4 is 11.8 Å². The van der Waals surface area contributed by atoms with Crippen molar-refractivity contribution in [3.05, 3.63) is 0 Å². The summed E-state index contributed by atoms with van der Waals surface area (Å²) in [6.07, 6.45) is 4.73. The molecule has 2 heteroatoms. The second-order valence-electron chi connectivity index (χ2n) is 3.60. The third-order valence-corrected chi connectivity index (χ3v) is 2.65. The fourth-order valence-electron chi connectivity index (χ4n) is 1.02. The lowest BCUT2D eigenvalue weighted by molar-refractivity contribution is 0.428. The molecule has 1 N–H and O–H groups in total. The molecule has 11 heavy (non-hydrogen) atoms. The van der Waals surface area contributed by atoms with Gasteiger partial charge in [0.1, 0.15) is 0 Å². The van der Waals surface area contributed by atoms with Gasteiger partial charge < -0.3 is 5.32 Å². The van der Waals surface area contributed by atoms with Gasteiger partial charge >= 0.3 is 0 Å². The summed E-state index contributed by atoms with van der Waals surface area (Å²) in [5, 5.41) is 3.54. The molecule has 0 radical (unpaired) electrons. The summed E-state index contributed by atoms with van der Waals surface area (Å²) in [5.41, 5.74) is 0.314. The van der Waals surface area contributed by atoms with Gasteiger partial charge in [0.15, 0.2) is 0 Å². The van der Waals surface area contributed by atoms with Crippen LogP contribution in [0.4, 0.5) is 0 Å². The molecule has 0 rings (SSSR count). The molecule has 0 saturated carbocycles. The summed E-state index contributed by atoms with van der Waals surface area (Å²) in [7, 11) is 0. The highest BCUT2D eigenvalue weighted by atomic mass is 32.2. The van der Waals surface area contributed by atoms with Crippen LogP contribution in [0.5, 0.6) is 0 Å². The Kier molecular flexibility index (Phi) is 6.06. The maximum absolute atomic E-state index is 3.54. The zero-order valence-electron chi connectivity index (χ0n) is 8.24. The van der Waals surface area contributed by atoms with Crippen LogP contribution in [0.25, 0.3) is 0 Å². The lowest BCUT2D eigenvalue weighted by Gasteiger charge is -2.25. The van der Waals surface area contributed by atoms with Gasteiger partial charge in [0.2, 0.25) is 0 Å². The fraction of sp³-hybridized carbons (Fsp3) is 1.00. The third kappa shape index (κ3) is 6.70. The quantitative estimate of drug-likeness (QED) is 0.623. The maximum Gasteiger partial charge on any atom is 0.0215 e. The molecule has 0 unspecified atom stereocenters. The summed E-state index contributed by atoms with van der Waals surface area (Å²) in [5.74, 6) is 1.19. The molecule has 1 nitrogen and oxygen atoms in total. The third-order valence-electron chi connectivity index (χ3n) is 1.64. The molecule has 0 fully saturated rings. The minimum Gasteiger partial charge on any atom is -0.311 e. The van der Waals surface area contributed by atoms with Crippen LogP contribution in [0, 0.1) is 0 Å². The van der Waals surface area contributed by atoms with Crippen molar-refractivity contribution in [1.82, 2.24) is 5.32 Å². The van der Waals surface area contributed by atoms with Crippen LogP contribution >= 0.6 is 11.8 Å². The molecule has 0 spiro atoms. The lowest BCUT2D eigenvalue weighted by Crippen LogP contribution is -2.42. The van der Waals surface area contributed by atoms with Gasteiger partial charge in [0.25, 0.3) is 0 Å². The first kappa shape index (κ1) is 11.3. The van der Waals surface area contributed by atoms with E-state index in [9.17, 15) is 0 Å². The highest BCUT2D eigenvalue weighted by Crippen LogP contribution is 2.09. The molecule has 0 amide bonds. The Hall–Kier alpha value is 0.310. The van der Waals surface area contributed by atoms with Crippen LogP contribution < -0.4 is 5.32 Å². The standard InChI is InChI=1S/C9H21NS/c1-5-6-7-10-9(2,3)8-11-4/h10H,5-8H2,1-4H3. The Morgan fingerprint density at radius 2 is 2.00 bits per heavy atom. The van der Waals surface area contributed by atoms with Crippen LogP contribution in [0.1, 0.15) is 33.6 Å². The predicted octanol–water partition coefficient (Wildman–Crippen LogP) is 2.52. The molecule has 0 aromatic heterocycles. The van der Waals surface area contributed by atoms with Gasteiger partial charge in [-0.05, 0) is 33.1 Å². The van der Waals surface area contributed by atoms with Gasteiger partial charge in [-0.25, -0.2) is 0 Å². The van der Waals surface area contributed by atoms with E-state index in [-0.39, 0.29) is 0 Å². The molecule has 0 aromatic rings. The highest BCUT2D eigenvalue weighted by Gasteiger charge is 2.14. The van der Waals surface area contributed by atoms with Gasteiger partial charge in [-0.15, -0.1) is 0 Å². The molecule has 0 heterocycles. The Morgan fingerprint density at radius 1 is 1.36 bits per heavy atom. The van der Waals surface area contributed by atoms with Crippen molar-refractivity contribution in [2.75, 3.05) is 18.6 Å². The average Bonchev–Trinajstić information content (AvgIpc) is 1.87. The summed E-state index contributed by atoms with van der Waals surface area (Å²) in [4.78, 5) is 0. The molecular formula is C9H21NS. The number of hydrogen-bond acceptors (Lipinski definition) is 2. The SMILES string of the molecule is CCCCNC(C)(C)CSC. The van der Waals surface area contributed by atoms with Crippen molar-refractivity contribution in [2.45, 2.75) is 39.2 Å². The zero-order valence-corrected chi connectivity index (χ0v) is 9.05. The van der Waals surface area contributed by atoms with Crippen molar-refractivity contribution in [2.24, 2.45) is 0 Å². The van der Waals surface area contributed by atoms with E-state index in [1.807, 2.05) is 11.8 Å². The first-order valence-electron chi connectivity index (χ1n) is 4.36. The minimum absolute atomic E-state index is 0.314. The molecular weight excluding hydrogens is 154 g/mol. The van der Waals surface area contributed by atoms with E-state index in [1.54, 1.807) is 0 Å². The zero-order chi connectivity index (χ0) is 8.74. The first-order chi connectivity index (χ1) is 5.12. The van der Waals surface area contributed by atoms with Gasteiger partial charge in [-0.3, -0.25) is 0 Å². The van der Waals surface area contributed by atoms with Crippen LogP contribution in [-0.4, -0.2) is 24.1 Å². The molecule has 0 aliphatic rings. The fourth-order valence-corrected chi connectivity index (χ4v) is 1.84. The van der Waals surface area contributed by atoms with Crippen molar-refractivity contribution in [3.8, 4) is 0 Å². The monoisotopic (exact) mass is 175 g/mol. The minimum atomic E-state index is 0.314. The highest BCUT2D eigenvalue weighted by molar-refractivity contribution is 7.98. The Labute approximate surface area is 75.3 Å². The first-order valence-corrected chi connectivity index (χ1v) is 5.75. The summed E-state index contributed by atoms with van der Waals surface area (Å²) in [6, 6.07) is 0. The molecule has 0 bridgehead atoms. The largest absolute Gasteiger partial charge is 0.311 e. The number of rotatable bonds is 6. The topological polar surface area (TPSA) is 12.0 Å². The molecule has 0 aliphatic heterocycles. The molecule has 0 aliphatic carbocycles. The molecule has 0 aromatic carbocycles. The Bertz CT molecular complexity index is 91.6. The van der Waals surface area contributed by atoms with Gasteiger partial charge in [0, 0.05) is 11.3 Å². The van der Waals surface area contributed by atoms with E-state index >= 15 is 0 Å². The summed E-state index contributed by atoms with van der Waals surface area (Å²) < 4.78 is 0. The van der Waals surface area contributed by atoms with Gasteiger partial charge in [-0.1, -0.05) is 13.3 Å². The lowest BCUT2D eigenvalue weighted by atomic mass is 10.1. The Morgan fingerprint density at radius 3 is 2.45 bits per heavy atom. The van der Waals surface area contributed by atoms with Crippen molar-refractivity contribution < 1.29 is 0 Å². The second-order valence-corrected chi connectivity index (χ2v) is 4.46. The van der Waals surface area contributed by atoms with E-state index in [0.717, 1.165) is 6.54 Å². The van der Waals surface area contributed by atoms with Crippen LogP contribution in [0.15, 0.2) is 0 Å². The predicted molar refractivity (Wildman–Crippen MR) is 55.4 cm³/mol. The van der Waals surface area contributed by atoms with E-state index < -0.39 is 0 Å². The number of thioether (sulfide) groups is 1. The summed E-state index contributed by atoms with van der Waals surface area (Å²) in [6.45, 7) is 7.91. The molecule has 0 saturated heterocycles. The van der Waals surface area contributed by atoms with Crippen molar-refractivity contribution in [3.63, 3.8) is 0 Å². The van der Waals surface area contributed by atoms with Crippen LogP contribution in [-0.2, 0) is 0 Å². The number of hydrogen-bond donors (Lipinski definition) is 1. The number of unbranched alkanes of at least 4 members (excludes halogenated alkanes) is 1. The van der Waals surface area contributed by atoms with E-state index in [2.05, 4.69) is 32.3 Å². The smallest absolute Gasteiger partial charge is 0.0215 e.